The summed E-state index contributed by atoms with van der Waals surface area (Å²) in [4.78, 5) is 13.8. The molecular formula is C14H20F2N2O. The second kappa shape index (κ2) is 7.19. The van der Waals surface area contributed by atoms with Gasteiger partial charge in [0.15, 0.2) is 0 Å². The van der Waals surface area contributed by atoms with Gasteiger partial charge in [-0.15, -0.1) is 0 Å². The minimum atomic E-state index is -0.835. The number of amides is 1. The van der Waals surface area contributed by atoms with Gasteiger partial charge in [0, 0.05) is 19.1 Å². The van der Waals surface area contributed by atoms with Crippen LogP contribution in [0.2, 0.25) is 0 Å². The Labute approximate surface area is 112 Å². The van der Waals surface area contributed by atoms with Crippen molar-refractivity contribution in [1.82, 2.24) is 4.90 Å². The Morgan fingerprint density at radius 1 is 1.26 bits per heavy atom. The molecule has 0 radical (unpaired) electrons. The van der Waals surface area contributed by atoms with Crippen molar-refractivity contribution >= 4 is 5.91 Å². The molecule has 0 unspecified atom stereocenters. The Hall–Kier alpha value is -1.49. The van der Waals surface area contributed by atoms with E-state index in [-0.39, 0.29) is 12.6 Å². The second-order valence-corrected chi connectivity index (χ2v) is 4.35. The number of hydrogen-bond acceptors (Lipinski definition) is 2. The number of carbonyl (C=O) groups is 1. The standard InChI is InChI=1S/C14H20F2N2O/c1-3-10(4-2)18(9-8-17)14(19)13-11(15)6-5-7-12(13)16/h5-7,10H,3-4,8-9,17H2,1-2H3. The summed E-state index contributed by atoms with van der Waals surface area (Å²) in [6.45, 7) is 4.42. The Morgan fingerprint density at radius 3 is 2.21 bits per heavy atom. The highest BCUT2D eigenvalue weighted by atomic mass is 19.1. The van der Waals surface area contributed by atoms with Crippen molar-refractivity contribution in [2.24, 2.45) is 5.73 Å². The quantitative estimate of drug-likeness (QED) is 0.863. The van der Waals surface area contributed by atoms with Crippen LogP contribution < -0.4 is 5.73 Å². The van der Waals surface area contributed by atoms with Gasteiger partial charge < -0.3 is 10.6 Å². The molecule has 3 nitrogen and oxygen atoms in total. The molecule has 0 saturated heterocycles. The summed E-state index contributed by atoms with van der Waals surface area (Å²) < 4.78 is 27.3. The highest BCUT2D eigenvalue weighted by Gasteiger charge is 2.26. The minimum absolute atomic E-state index is 0.0601. The monoisotopic (exact) mass is 270 g/mol. The third-order valence-electron chi connectivity index (χ3n) is 3.19. The number of nitrogens with two attached hydrogens (primary N) is 1. The molecule has 1 aromatic carbocycles. The van der Waals surface area contributed by atoms with Crippen LogP contribution in [-0.4, -0.2) is 29.9 Å². The zero-order chi connectivity index (χ0) is 14.4. The number of halogens is 2. The van der Waals surface area contributed by atoms with Crippen molar-refractivity contribution in [1.29, 1.82) is 0 Å². The van der Waals surface area contributed by atoms with Crippen molar-refractivity contribution in [2.45, 2.75) is 32.7 Å². The number of nitrogens with zero attached hydrogens (tertiary/aromatic N) is 1. The maximum atomic E-state index is 13.7. The fraction of sp³-hybridized carbons (Fsp3) is 0.500. The molecule has 0 heterocycles. The Balaban J connectivity index is 3.12. The lowest BCUT2D eigenvalue weighted by Crippen LogP contribution is -2.43. The van der Waals surface area contributed by atoms with Gasteiger partial charge in [-0.25, -0.2) is 8.78 Å². The predicted octanol–water partition coefficient (Wildman–Crippen LogP) is 2.55. The molecule has 2 N–H and O–H groups in total. The highest BCUT2D eigenvalue weighted by molar-refractivity contribution is 5.95. The van der Waals surface area contributed by atoms with E-state index in [1.54, 1.807) is 0 Å². The van der Waals surface area contributed by atoms with E-state index in [0.29, 0.717) is 6.54 Å². The average Bonchev–Trinajstić information content (AvgIpc) is 2.38. The molecule has 5 heteroatoms. The fourth-order valence-corrected chi connectivity index (χ4v) is 2.16. The number of rotatable bonds is 6. The SMILES string of the molecule is CCC(CC)N(CCN)C(=O)c1c(F)cccc1F. The van der Waals surface area contributed by atoms with Crippen LogP contribution in [-0.2, 0) is 0 Å². The molecule has 0 spiro atoms. The Morgan fingerprint density at radius 2 is 1.79 bits per heavy atom. The summed E-state index contributed by atoms with van der Waals surface area (Å²) >= 11 is 0. The lowest BCUT2D eigenvalue weighted by atomic mass is 10.1. The van der Waals surface area contributed by atoms with E-state index < -0.39 is 23.1 Å². The molecule has 19 heavy (non-hydrogen) atoms. The van der Waals surface area contributed by atoms with Crippen molar-refractivity contribution in [3.63, 3.8) is 0 Å². The van der Waals surface area contributed by atoms with Crippen LogP contribution in [0.4, 0.5) is 8.78 Å². The summed E-state index contributed by atoms with van der Waals surface area (Å²) in [5.41, 5.74) is 4.99. The molecule has 0 aliphatic carbocycles. The van der Waals surface area contributed by atoms with Crippen molar-refractivity contribution in [3.05, 3.63) is 35.4 Å². The minimum Gasteiger partial charge on any atom is -0.334 e. The highest BCUT2D eigenvalue weighted by Crippen LogP contribution is 2.18. The van der Waals surface area contributed by atoms with E-state index in [1.807, 2.05) is 13.8 Å². The zero-order valence-corrected chi connectivity index (χ0v) is 11.3. The van der Waals surface area contributed by atoms with Crippen LogP contribution in [0.1, 0.15) is 37.0 Å². The number of carbonyl (C=O) groups excluding carboxylic acids is 1. The first-order chi connectivity index (χ1) is 9.06. The predicted molar refractivity (Wildman–Crippen MR) is 70.8 cm³/mol. The largest absolute Gasteiger partial charge is 0.334 e. The van der Waals surface area contributed by atoms with Crippen LogP contribution in [0.25, 0.3) is 0 Å². The van der Waals surface area contributed by atoms with E-state index in [2.05, 4.69) is 0 Å². The summed E-state index contributed by atoms with van der Waals surface area (Å²) in [7, 11) is 0. The number of hydrogen-bond donors (Lipinski definition) is 1. The summed E-state index contributed by atoms with van der Waals surface area (Å²) in [6.07, 6.45) is 1.44. The average molecular weight is 270 g/mol. The molecule has 0 atom stereocenters. The van der Waals surface area contributed by atoms with E-state index in [1.165, 1.54) is 11.0 Å². The molecule has 1 aromatic rings. The van der Waals surface area contributed by atoms with Gasteiger partial charge in [-0.3, -0.25) is 4.79 Å². The topological polar surface area (TPSA) is 46.3 Å². The molecule has 0 aliphatic heterocycles. The lowest BCUT2D eigenvalue weighted by molar-refractivity contribution is 0.0664. The molecule has 0 bridgehead atoms. The van der Waals surface area contributed by atoms with Crippen molar-refractivity contribution in [2.75, 3.05) is 13.1 Å². The van der Waals surface area contributed by atoms with E-state index in [4.69, 9.17) is 5.73 Å². The molecule has 1 amide bonds. The molecule has 0 fully saturated rings. The first-order valence-corrected chi connectivity index (χ1v) is 6.51. The first-order valence-electron chi connectivity index (χ1n) is 6.51. The van der Waals surface area contributed by atoms with Crippen LogP contribution in [0.5, 0.6) is 0 Å². The van der Waals surface area contributed by atoms with Gasteiger partial charge in [-0.1, -0.05) is 19.9 Å². The van der Waals surface area contributed by atoms with Gasteiger partial charge in [0.05, 0.1) is 0 Å². The Bertz CT molecular complexity index is 413. The first kappa shape index (κ1) is 15.6. The van der Waals surface area contributed by atoms with Gasteiger partial charge >= 0.3 is 0 Å². The van der Waals surface area contributed by atoms with Gasteiger partial charge in [0.25, 0.3) is 5.91 Å². The molecule has 0 saturated carbocycles. The van der Waals surface area contributed by atoms with Crippen molar-refractivity contribution < 1.29 is 13.6 Å². The molecular weight excluding hydrogens is 250 g/mol. The molecule has 0 aliphatic rings. The Kier molecular flexibility index (Phi) is 5.89. The summed E-state index contributed by atoms with van der Waals surface area (Å²) in [5.74, 6) is -2.30. The molecule has 1 rings (SSSR count). The smallest absolute Gasteiger partial charge is 0.260 e. The van der Waals surface area contributed by atoms with E-state index in [9.17, 15) is 13.6 Å². The van der Waals surface area contributed by atoms with Crippen LogP contribution in [0.15, 0.2) is 18.2 Å². The maximum absolute atomic E-state index is 13.7. The van der Waals surface area contributed by atoms with Gasteiger partial charge in [-0.05, 0) is 25.0 Å². The third-order valence-corrected chi connectivity index (χ3v) is 3.19. The van der Waals surface area contributed by atoms with Gasteiger partial charge in [-0.2, -0.15) is 0 Å². The van der Waals surface area contributed by atoms with E-state index in [0.717, 1.165) is 25.0 Å². The van der Waals surface area contributed by atoms with Crippen LogP contribution in [0.3, 0.4) is 0 Å². The van der Waals surface area contributed by atoms with Crippen LogP contribution >= 0.6 is 0 Å². The number of benzene rings is 1. The molecule has 0 aromatic heterocycles. The van der Waals surface area contributed by atoms with Crippen LogP contribution in [0, 0.1) is 11.6 Å². The van der Waals surface area contributed by atoms with Gasteiger partial charge in [0.2, 0.25) is 0 Å². The molecule has 106 valence electrons. The normalized spacial score (nSPS) is 10.8. The van der Waals surface area contributed by atoms with Crippen molar-refractivity contribution in [3.8, 4) is 0 Å². The second-order valence-electron chi connectivity index (χ2n) is 4.35. The third kappa shape index (κ3) is 3.50. The fourth-order valence-electron chi connectivity index (χ4n) is 2.16. The maximum Gasteiger partial charge on any atom is 0.260 e. The van der Waals surface area contributed by atoms with Gasteiger partial charge in [0.1, 0.15) is 17.2 Å². The lowest BCUT2D eigenvalue weighted by Gasteiger charge is -2.30. The van der Waals surface area contributed by atoms with E-state index >= 15 is 0 Å². The summed E-state index contributed by atoms with van der Waals surface area (Å²) in [5, 5.41) is 0. The zero-order valence-electron chi connectivity index (χ0n) is 11.3. The summed E-state index contributed by atoms with van der Waals surface area (Å²) in [6, 6.07) is 3.36.